The van der Waals surface area contributed by atoms with E-state index in [9.17, 15) is 9.59 Å². The summed E-state index contributed by atoms with van der Waals surface area (Å²) in [6.45, 7) is 2.51. The zero-order valence-electron chi connectivity index (χ0n) is 18.6. The Morgan fingerprint density at radius 1 is 1.12 bits per heavy atom. The summed E-state index contributed by atoms with van der Waals surface area (Å²) < 4.78 is 0. The number of fused-ring (bicyclic) bond motifs is 1. The number of hydrogen-bond donors (Lipinski definition) is 1. The fraction of sp³-hybridized carbons (Fsp3) is 0.375. The van der Waals surface area contributed by atoms with Crippen LogP contribution in [0.1, 0.15) is 41.0 Å². The first-order chi connectivity index (χ1) is 16.1. The minimum absolute atomic E-state index is 0.0422. The monoisotopic (exact) mass is 445 g/mol. The molecule has 0 aliphatic carbocycles. The van der Waals surface area contributed by atoms with E-state index in [1.807, 2.05) is 30.3 Å². The molecule has 33 heavy (non-hydrogen) atoms. The van der Waals surface area contributed by atoms with Crippen molar-refractivity contribution in [3.63, 3.8) is 0 Å². The van der Waals surface area contributed by atoms with E-state index in [2.05, 4.69) is 43.8 Å². The maximum atomic E-state index is 13.2. The molecule has 1 N–H and O–H groups in total. The maximum Gasteiger partial charge on any atom is 0.293 e. The van der Waals surface area contributed by atoms with E-state index >= 15 is 0 Å². The molecule has 0 saturated carbocycles. The topological polar surface area (TPSA) is 96.2 Å². The summed E-state index contributed by atoms with van der Waals surface area (Å²) in [5.41, 5.74) is 4.17. The van der Waals surface area contributed by atoms with Crippen molar-refractivity contribution in [2.24, 2.45) is 0 Å². The van der Waals surface area contributed by atoms with Crippen LogP contribution in [-0.2, 0) is 17.8 Å². The van der Waals surface area contributed by atoms with Crippen LogP contribution in [0.2, 0.25) is 0 Å². The summed E-state index contributed by atoms with van der Waals surface area (Å²) in [7, 11) is 1.77. The van der Waals surface area contributed by atoms with Crippen molar-refractivity contribution in [2.45, 2.75) is 38.3 Å². The quantitative estimate of drug-likeness (QED) is 0.646. The average Bonchev–Trinajstić information content (AvgIpc) is 3.52. The van der Waals surface area contributed by atoms with E-state index in [1.165, 1.54) is 17.6 Å². The lowest BCUT2D eigenvalue weighted by molar-refractivity contribution is -0.120. The van der Waals surface area contributed by atoms with Gasteiger partial charge in [0, 0.05) is 31.5 Å². The lowest BCUT2D eigenvalue weighted by Gasteiger charge is -2.24. The Labute approximate surface area is 192 Å². The van der Waals surface area contributed by atoms with Gasteiger partial charge in [0.05, 0.1) is 6.54 Å². The first-order valence-electron chi connectivity index (χ1n) is 11.4. The van der Waals surface area contributed by atoms with E-state index in [4.69, 9.17) is 0 Å². The van der Waals surface area contributed by atoms with E-state index in [1.54, 1.807) is 11.9 Å². The molecule has 3 heterocycles. The van der Waals surface area contributed by atoms with E-state index in [-0.39, 0.29) is 11.7 Å². The fourth-order valence-electron chi connectivity index (χ4n) is 4.53. The third-order valence-corrected chi connectivity index (χ3v) is 6.36. The van der Waals surface area contributed by atoms with Crippen molar-refractivity contribution < 1.29 is 9.59 Å². The van der Waals surface area contributed by atoms with Crippen LogP contribution in [0.25, 0.3) is 0 Å². The number of hydrogen-bond acceptors (Lipinski definition) is 6. The van der Waals surface area contributed by atoms with E-state index in [0.717, 1.165) is 35.6 Å². The Balaban J connectivity index is 1.27. The zero-order chi connectivity index (χ0) is 22.8. The molecule has 1 fully saturated rings. The second-order valence-corrected chi connectivity index (χ2v) is 8.60. The third kappa shape index (κ3) is 4.44. The van der Waals surface area contributed by atoms with Gasteiger partial charge in [0.2, 0.25) is 5.91 Å². The number of likely N-dealkylation sites (N-methyl/N-ethyl adjacent to an activating group) is 1. The number of carbonyl (C=O) groups is 2. The van der Waals surface area contributed by atoms with Crippen LogP contribution in [0.15, 0.2) is 48.5 Å². The number of anilines is 2. The molecule has 1 aromatic heterocycles. The highest BCUT2D eigenvalue weighted by atomic mass is 16.2. The number of rotatable bonds is 5. The molecule has 3 aromatic rings. The summed E-state index contributed by atoms with van der Waals surface area (Å²) in [5, 5.41) is 14.9. The molecular weight excluding hydrogens is 418 g/mol. The molecule has 9 nitrogen and oxygen atoms in total. The van der Waals surface area contributed by atoms with E-state index < -0.39 is 11.9 Å². The molecule has 2 amide bonds. The second-order valence-electron chi connectivity index (χ2n) is 8.60. The predicted molar refractivity (Wildman–Crippen MR) is 124 cm³/mol. The number of benzene rings is 2. The Hall–Kier alpha value is -3.75. The fourth-order valence-corrected chi connectivity index (χ4v) is 4.53. The first-order valence-corrected chi connectivity index (χ1v) is 11.4. The number of aryl methyl sites for hydroxylation is 1. The number of amides is 2. The van der Waals surface area contributed by atoms with Crippen molar-refractivity contribution in [3.8, 4) is 0 Å². The minimum atomic E-state index is -0.647. The van der Waals surface area contributed by atoms with Crippen LogP contribution in [0.5, 0.6) is 0 Å². The van der Waals surface area contributed by atoms with Gasteiger partial charge in [-0.3, -0.25) is 9.59 Å². The smallest absolute Gasteiger partial charge is 0.293 e. The third-order valence-electron chi connectivity index (χ3n) is 6.36. The van der Waals surface area contributed by atoms with Crippen molar-refractivity contribution in [2.75, 3.05) is 29.9 Å². The van der Waals surface area contributed by atoms with Crippen LogP contribution in [-0.4, -0.2) is 58.2 Å². The molecule has 0 unspecified atom stereocenters. The van der Waals surface area contributed by atoms with Crippen LogP contribution in [0.3, 0.4) is 0 Å². The van der Waals surface area contributed by atoms with Gasteiger partial charge in [0.25, 0.3) is 11.7 Å². The summed E-state index contributed by atoms with van der Waals surface area (Å²) >= 11 is 0. The van der Waals surface area contributed by atoms with Gasteiger partial charge in [-0.1, -0.05) is 36.4 Å². The van der Waals surface area contributed by atoms with Gasteiger partial charge in [-0.15, -0.1) is 10.2 Å². The SMILES string of the molecule is CN1C(=O)[C@@H](NC(=O)c2nnn(Cc3ccccc3)n2)CCc2ccc(N3CCCC3)cc21. The predicted octanol–water partition coefficient (Wildman–Crippen LogP) is 2.03. The molecule has 1 saturated heterocycles. The lowest BCUT2D eigenvalue weighted by Crippen LogP contribution is -2.47. The number of tetrazole rings is 1. The summed E-state index contributed by atoms with van der Waals surface area (Å²) in [6, 6.07) is 15.4. The molecule has 5 rings (SSSR count). The zero-order valence-corrected chi connectivity index (χ0v) is 18.6. The number of nitrogens with zero attached hydrogens (tertiary/aromatic N) is 6. The molecular formula is C24H27N7O2. The molecule has 0 radical (unpaired) electrons. The Morgan fingerprint density at radius 2 is 1.91 bits per heavy atom. The van der Waals surface area contributed by atoms with Gasteiger partial charge in [-0.25, -0.2) is 0 Å². The van der Waals surface area contributed by atoms with Crippen molar-refractivity contribution in [1.29, 1.82) is 0 Å². The van der Waals surface area contributed by atoms with Crippen LogP contribution in [0, 0.1) is 0 Å². The summed E-state index contributed by atoms with van der Waals surface area (Å²) in [6.07, 6.45) is 3.61. The van der Waals surface area contributed by atoms with Gasteiger partial charge < -0.3 is 15.1 Å². The van der Waals surface area contributed by atoms with E-state index in [0.29, 0.717) is 19.4 Å². The Morgan fingerprint density at radius 3 is 2.70 bits per heavy atom. The number of aromatic nitrogens is 4. The lowest BCUT2D eigenvalue weighted by atomic mass is 10.0. The van der Waals surface area contributed by atoms with Gasteiger partial charge >= 0.3 is 0 Å². The minimum Gasteiger partial charge on any atom is -0.371 e. The average molecular weight is 446 g/mol. The largest absolute Gasteiger partial charge is 0.371 e. The van der Waals surface area contributed by atoms with Crippen LogP contribution in [0.4, 0.5) is 11.4 Å². The van der Waals surface area contributed by atoms with Crippen molar-refractivity contribution >= 4 is 23.2 Å². The molecule has 2 aliphatic heterocycles. The van der Waals surface area contributed by atoms with Gasteiger partial charge in [0.1, 0.15) is 6.04 Å². The van der Waals surface area contributed by atoms with Gasteiger partial charge in [-0.05, 0) is 54.2 Å². The highest BCUT2D eigenvalue weighted by molar-refractivity contribution is 6.02. The van der Waals surface area contributed by atoms with Crippen molar-refractivity contribution in [3.05, 3.63) is 65.5 Å². The van der Waals surface area contributed by atoms with Gasteiger partial charge in [-0.2, -0.15) is 4.80 Å². The van der Waals surface area contributed by atoms with Gasteiger partial charge in [0.15, 0.2) is 0 Å². The highest BCUT2D eigenvalue weighted by Gasteiger charge is 2.31. The normalized spacial score (nSPS) is 18.2. The maximum absolute atomic E-state index is 13.2. The molecule has 2 aliphatic rings. The molecule has 9 heteroatoms. The number of nitrogens with one attached hydrogen (secondary N) is 1. The molecule has 0 bridgehead atoms. The molecule has 0 spiro atoms. The van der Waals surface area contributed by atoms with Crippen LogP contribution < -0.4 is 15.1 Å². The standard InChI is InChI=1S/C24H27N7O2/c1-29-21-15-19(30-13-5-6-14-30)11-9-18(21)10-12-20(24(29)33)25-23(32)22-26-28-31(27-22)16-17-7-3-2-4-8-17/h2-4,7-9,11,15,20H,5-6,10,12-14,16H2,1H3,(H,25,32)/t20-/m0/s1. The first kappa shape index (κ1) is 21.1. The summed E-state index contributed by atoms with van der Waals surface area (Å²) in [5.74, 6) is -0.679. The van der Waals surface area contributed by atoms with Crippen LogP contribution >= 0.6 is 0 Å². The molecule has 170 valence electrons. The van der Waals surface area contributed by atoms with Crippen molar-refractivity contribution in [1.82, 2.24) is 25.5 Å². The number of carbonyl (C=O) groups excluding carboxylic acids is 2. The molecule has 1 atom stereocenters. The second kappa shape index (κ2) is 9.01. The Kier molecular flexibility index (Phi) is 5.77. The highest BCUT2D eigenvalue weighted by Crippen LogP contribution is 2.32. The molecule has 2 aromatic carbocycles. The summed E-state index contributed by atoms with van der Waals surface area (Å²) in [4.78, 5) is 31.4. The Bertz CT molecular complexity index is 1150.